The fourth-order valence-corrected chi connectivity index (χ4v) is 3.96. The number of hydrogen-bond acceptors (Lipinski definition) is 5. The number of thioether (sulfide) groups is 2. The van der Waals surface area contributed by atoms with E-state index in [1.54, 1.807) is 11.8 Å². The molecule has 0 bridgehead atoms. The lowest BCUT2D eigenvalue weighted by Gasteiger charge is -2.05. The quantitative estimate of drug-likeness (QED) is 0.460. The van der Waals surface area contributed by atoms with E-state index in [9.17, 15) is 4.79 Å². The molecule has 5 nitrogen and oxygen atoms in total. The number of aromatic nitrogens is 2. The summed E-state index contributed by atoms with van der Waals surface area (Å²) in [6.45, 7) is 0.610. The third kappa shape index (κ3) is 5.04. The molecule has 0 aliphatic heterocycles. The van der Waals surface area contributed by atoms with Crippen molar-refractivity contribution >= 4 is 40.5 Å². The highest BCUT2D eigenvalue weighted by atomic mass is 32.2. The van der Waals surface area contributed by atoms with E-state index in [0.717, 1.165) is 33.3 Å². The van der Waals surface area contributed by atoms with Gasteiger partial charge in [-0.1, -0.05) is 42.1 Å². The second kappa shape index (κ2) is 9.32. The normalized spacial score (nSPS) is 10.6. The fourth-order valence-electron chi connectivity index (χ4n) is 2.38. The van der Waals surface area contributed by atoms with Crippen molar-refractivity contribution in [1.82, 2.24) is 15.3 Å². The summed E-state index contributed by atoms with van der Waals surface area (Å²) in [5, 5.41) is 12.7. The van der Waals surface area contributed by atoms with Gasteiger partial charge >= 0.3 is 0 Å². The molecule has 0 aliphatic rings. The number of nitrogens with one attached hydrogen (secondary N) is 2. The van der Waals surface area contributed by atoms with Crippen LogP contribution in [0.2, 0.25) is 0 Å². The van der Waals surface area contributed by atoms with E-state index >= 15 is 0 Å². The van der Waals surface area contributed by atoms with Crippen molar-refractivity contribution in [1.29, 1.82) is 5.26 Å². The smallest absolute Gasteiger partial charge is 0.230 e. The lowest BCUT2D eigenvalue weighted by molar-refractivity contribution is -0.118. The highest BCUT2D eigenvalue weighted by Gasteiger charge is 2.07. The topological polar surface area (TPSA) is 81.6 Å². The highest BCUT2D eigenvalue weighted by molar-refractivity contribution is 7.99. The predicted octanol–water partition coefficient (Wildman–Crippen LogP) is 3.58. The first-order chi connectivity index (χ1) is 12.8. The van der Waals surface area contributed by atoms with Crippen molar-refractivity contribution in [3.8, 4) is 6.07 Å². The van der Waals surface area contributed by atoms with Gasteiger partial charge in [-0.2, -0.15) is 17.0 Å². The number of nitrogens with zero attached hydrogens (tertiary/aromatic N) is 2. The molecule has 0 radical (unpaired) electrons. The molecule has 0 fully saturated rings. The van der Waals surface area contributed by atoms with Crippen molar-refractivity contribution < 1.29 is 4.79 Å². The molecule has 1 aromatic heterocycles. The summed E-state index contributed by atoms with van der Waals surface area (Å²) < 4.78 is 0. The number of fused-ring (bicyclic) bond motifs is 1. The summed E-state index contributed by atoms with van der Waals surface area (Å²) in [6, 6.07) is 17.6. The zero-order valence-corrected chi connectivity index (χ0v) is 15.7. The molecular formula is C19H18N4OS2. The first-order valence-corrected chi connectivity index (χ1v) is 10.3. The minimum absolute atomic E-state index is 0.00604. The van der Waals surface area contributed by atoms with Crippen LogP contribution in [0.5, 0.6) is 0 Å². The minimum Gasteiger partial charge on any atom is -0.355 e. The van der Waals surface area contributed by atoms with Crippen LogP contribution in [0.3, 0.4) is 0 Å². The number of benzene rings is 2. The third-order valence-corrected chi connectivity index (χ3v) is 5.55. The van der Waals surface area contributed by atoms with Crippen molar-refractivity contribution in [3.05, 3.63) is 59.7 Å². The van der Waals surface area contributed by atoms with Crippen LogP contribution in [0.1, 0.15) is 11.1 Å². The van der Waals surface area contributed by atoms with Gasteiger partial charge in [-0.25, -0.2) is 4.98 Å². The van der Waals surface area contributed by atoms with E-state index < -0.39 is 0 Å². The summed E-state index contributed by atoms with van der Waals surface area (Å²) in [4.78, 5) is 19.6. The Kier molecular flexibility index (Phi) is 6.58. The molecule has 2 aromatic carbocycles. The predicted molar refractivity (Wildman–Crippen MR) is 107 cm³/mol. The van der Waals surface area contributed by atoms with E-state index in [1.807, 2.05) is 48.5 Å². The Balaban J connectivity index is 1.35. The van der Waals surface area contributed by atoms with E-state index in [4.69, 9.17) is 5.26 Å². The number of aromatic amines is 1. The standard InChI is InChI=1S/C19H18N4OS2/c20-11-14-5-1-2-6-15(14)12-25-10-9-21-18(24)13-26-19-22-16-7-3-4-8-17(16)23-19/h1-8H,9-10,12-13H2,(H,21,24)(H,22,23). The lowest BCUT2D eigenvalue weighted by Crippen LogP contribution is -2.27. The van der Waals surface area contributed by atoms with Crippen molar-refractivity contribution in [2.45, 2.75) is 10.9 Å². The largest absolute Gasteiger partial charge is 0.355 e. The molecule has 3 rings (SSSR count). The Hall–Kier alpha value is -2.43. The van der Waals surface area contributed by atoms with Gasteiger partial charge in [0.15, 0.2) is 5.16 Å². The fraction of sp³-hybridized carbons (Fsp3) is 0.211. The Labute approximate surface area is 160 Å². The Morgan fingerprint density at radius 1 is 1.19 bits per heavy atom. The van der Waals surface area contributed by atoms with Crippen LogP contribution in [-0.2, 0) is 10.5 Å². The van der Waals surface area contributed by atoms with Crippen LogP contribution >= 0.6 is 23.5 Å². The Morgan fingerprint density at radius 3 is 2.85 bits per heavy atom. The van der Waals surface area contributed by atoms with Crippen LogP contribution in [0.25, 0.3) is 11.0 Å². The van der Waals surface area contributed by atoms with E-state index in [-0.39, 0.29) is 5.91 Å². The number of rotatable bonds is 8. The Bertz CT molecular complexity index is 899. The summed E-state index contributed by atoms with van der Waals surface area (Å²) in [5.41, 5.74) is 3.63. The summed E-state index contributed by atoms with van der Waals surface area (Å²) in [6.07, 6.45) is 0. The average Bonchev–Trinajstić information content (AvgIpc) is 3.09. The highest BCUT2D eigenvalue weighted by Crippen LogP contribution is 2.19. The van der Waals surface area contributed by atoms with Gasteiger partial charge in [0.2, 0.25) is 5.91 Å². The molecule has 3 aromatic rings. The van der Waals surface area contributed by atoms with Gasteiger partial charge < -0.3 is 10.3 Å². The molecule has 2 N–H and O–H groups in total. The molecule has 0 atom stereocenters. The van der Waals surface area contributed by atoms with Crippen LogP contribution in [0.4, 0.5) is 0 Å². The molecule has 0 saturated heterocycles. The summed E-state index contributed by atoms with van der Waals surface area (Å²) in [5.74, 6) is 1.91. The number of carbonyl (C=O) groups excluding carboxylic acids is 1. The van der Waals surface area contributed by atoms with Gasteiger partial charge in [-0.05, 0) is 23.8 Å². The third-order valence-electron chi connectivity index (χ3n) is 3.67. The SMILES string of the molecule is N#Cc1ccccc1CSCCNC(=O)CSc1nc2ccccc2[nH]1. The maximum Gasteiger partial charge on any atom is 0.230 e. The van der Waals surface area contributed by atoms with Gasteiger partial charge in [0.25, 0.3) is 0 Å². The second-order valence-corrected chi connectivity index (χ2v) is 7.59. The van der Waals surface area contributed by atoms with Crippen molar-refractivity contribution in [2.24, 2.45) is 0 Å². The average molecular weight is 383 g/mol. The Morgan fingerprint density at radius 2 is 2.00 bits per heavy atom. The zero-order chi connectivity index (χ0) is 18.2. The number of para-hydroxylation sites is 2. The second-order valence-electron chi connectivity index (χ2n) is 5.52. The van der Waals surface area contributed by atoms with Crippen molar-refractivity contribution in [3.63, 3.8) is 0 Å². The molecule has 0 aliphatic carbocycles. The number of nitriles is 1. The molecule has 0 spiro atoms. The van der Waals surface area contributed by atoms with Gasteiger partial charge in [-0.3, -0.25) is 4.79 Å². The number of carbonyl (C=O) groups is 1. The van der Waals surface area contributed by atoms with E-state index in [2.05, 4.69) is 21.4 Å². The van der Waals surface area contributed by atoms with Gasteiger partial charge in [0, 0.05) is 18.1 Å². The molecule has 0 unspecified atom stereocenters. The summed E-state index contributed by atoms with van der Waals surface area (Å²) in [7, 11) is 0. The zero-order valence-electron chi connectivity index (χ0n) is 14.1. The molecule has 132 valence electrons. The summed E-state index contributed by atoms with van der Waals surface area (Å²) >= 11 is 3.10. The van der Waals surface area contributed by atoms with Gasteiger partial charge in [0.05, 0.1) is 28.4 Å². The first kappa shape index (κ1) is 18.4. The monoisotopic (exact) mass is 382 g/mol. The van der Waals surface area contributed by atoms with Crippen LogP contribution in [0.15, 0.2) is 53.7 Å². The molecule has 7 heteroatoms. The first-order valence-electron chi connectivity index (χ1n) is 8.16. The molecule has 1 heterocycles. The minimum atomic E-state index is -0.00604. The van der Waals surface area contributed by atoms with Crippen LogP contribution in [0, 0.1) is 11.3 Å². The maximum absolute atomic E-state index is 11.9. The molecule has 26 heavy (non-hydrogen) atoms. The van der Waals surface area contributed by atoms with Gasteiger partial charge in [-0.15, -0.1) is 0 Å². The number of amides is 1. The molecule has 1 amide bonds. The van der Waals surface area contributed by atoms with Crippen LogP contribution < -0.4 is 5.32 Å². The van der Waals surface area contributed by atoms with Gasteiger partial charge in [0.1, 0.15) is 0 Å². The van der Waals surface area contributed by atoms with E-state index in [1.165, 1.54) is 11.8 Å². The lowest BCUT2D eigenvalue weighted by atomic mass is 10.1. The molecule has 0 saturated carbocycles. The number of hydrogen-bond donors (Lipinski definition) is 2. The molecular weight excluding hydrogens is 364 g/mol. The number of H-pyrrole nitrogens is 1. The number of imidazole rings is 1. The van der Waals surface area contributed by atoms with Crippen molar-refractivity contribution in [2.75, 3.05) is 18.1 Å². The maximum atomic E-state index is 11.9. The van der Waals surface area contributed by atoms with E-state index in [0.29, 0.717) is 17.9 Å². The van der Waals surface area contributed by atoms with Crippen LogP contribution in [-0.4, -0.2) is 33.9 Å².